The highest BCUT2D eigenvalue weighted by molar-refractivity contribution is 8.18. The summed E-state index contributed by atoms with van der Waals surface area (Å²) in [7, 11) is 1.21. The van der Waals surface area contributed by atoms with E-state index in [1.807, 2.05) is 0 Å². The molecule has 1 fully saturated rings. The van der Waals surface area contributed by atoms with Gasteiger partial charge in [0.15, 0.2) is 16.7 Å². The highest BCUT2D eigenvalue weighted by Crippen LogP contribution is 2.24. The molecule has 0 atom stereocenters. The topological polar surface area (TPSA) is 89.3 Å². The summed E-state index contributed by atoms with van der Waals surface area (Å²) in [6.45, 7) is -0.0172. The second-order valence-electron chi connectivity index (χ2n) is 5.78. The number of amides is 1. The van der Waals surface area contributed by atoms with Crippen molar-refractivity contribution in [2.75, 3.05) is 7.11 Å². The molecular formula is C20H15F2N3O4S. The van der Waals surface area contributed by atoms with E-state index < -0.39 is 23.5 Å². The molecule has 0 saturated carbocycles. The smallest absolute Gasteiger partial charge is 0.331 e. The molecule has 10 heteroatoms. The van der Waals surface area contributed by atoms with Gasteiger partial charge in [0.05, 0.1) is 18.2 Å². The maximum absolute atomic E-state index is 13.7. The van der Waals surface area contributed by atoms with Crippen molar-refractivity contribution in [3.63, 3.8) is 0 Å². The predicted octanol–water partition coefficient (Wildman–Crippen LogP) is 3.15. The Kier molecular flexibility index (Phi) is 6.91. The number of methoxy groups -OCH3 is 1. The van der Waals surface area contributed by atoms with Gasteiger partial charge in [-0.15, -0.1) is 5.10 Å². The first kappa shape index (κ1) is 21.2. The lowest BCUT2D eigenvalue weighted by Gasteiger charge is -2.09. The first-order valence-electron chi connectivity index (χ1n) is 8.52. The fraction of sp³-hybridized carbons (Fsp3) is 0.100. The average Bonchev–Trinajstić information content (AvgIpc) is 3.08. The summed E-state index contributed by atoms with van der Waals surface area (Å²) in [6.07, 6.45) is 2.49. The molecule has 1 saturated heterocycles. The van der Waals surface area contributed by atoms with Gasteiger partial charge in [-0.3, -0.25) is 10.1 Å². The molecule has 7 nitrogen and oxygen atoms in total. The molecule has 1 aliphatic heterocycles. The van der Waals surface area contributed by atoms with Crippen molar-refractivity contribution in [2.24, 2.45) is 10.2 Å². The van der Waals surface area contributed by atoms with E-state index in [4.69, 9.17) is 4.74 Å². The Morgan fingerprint density at radius 1 is 1.20 bits per heavy atom. The largest absolute Gasteiger partial charge is 0.486 e. The molecule has 3 rings (SSSR count). The van der Waals surface area contributed by atoms with E-state index in [0.717, 1.165) is 23.9 Å². The van der Waals surface area contributed by atoms with Gasteiger partial charge in [-0.05, 0) is 29.5 Å². The van der Waals surface area contributed by atoms with Gasteiger partial charge in [-0.1, -0.05) is 30.3 Å². The average molecular weight is 431 g/mol. The summed E-state index contributed by atoms with van der Waals surface area (Å²) in [5.41, 5.74) is 1.30. The lowest BCUT2D eigenvalue weighted by atomic mass is 10.1. The number of carbonyl (C=O) groups is 2. The third-order valence-electron chi connectivity index (χ3n) is 3.80. The molecular weight excluding hydrogens is 416 g/mol. The van der Waals surface area contributed by atoms with Crippen molar-refractivity contribution in [3.8, 4) is 5.75 Å². The number of benzene rings is 2. The van der Waals surface area contributed by atoms with Crippen LogP contribution in [0, 0.1) is 11.6 Å². The van der Waals surface area contributed by atoms with Crippen molar-refractivity contribution < 1.29 is 27.8 Å². The van der Waals surface area contributed by atoms with E-state index in [1.54, 1.807) is 24.3 Å². The zero-order valence-corrected chi connectivity index (χ0v) is 16.4. The van der Waals surface area contributed by atoms with Gasteiger partial charge >= 0.3 is 5.97 Å². The zero-order valence-electron chi connectivity index (χ0n) is 15.6. The summed E-state index contributed by atoms with van der Waals surface area (Å²) in [4.78, 5) is 23.2. The molecule has 2 aromatic carbocycles. The predicted molar refractivity (Wildman–Crippen MR) is 108 cm³/mol. The minimum atomic E-state index is -1.06. The fourth-order valence-electron chi connectivity index (χ4n) is 2.33. The van der Waals surface area contributed by atoms with Gasteiger partial charge in [0.2, 0.25) is 5.82 Å². The molecule has 30 heavy (non-hydrogen) atoms. The van der Waals surface area contributed by atoms with Crippen LogP contribution in [0.5, 0.6) is 5.75 Å². The van der Waals surface area contributed by atoms with Crippen LogP contribution in [0.15, 0.2) is 63.6 Å². The van der Waals surface area contributed by atoms with Crippen LogP contribution in [-0.4, -0.2) is 30.4 Å². The fourth-order valence-corrected chi connectivity index (χ4v) is 3.07. The zero-order chi connectivity index (χ0) is 21.5. The summed E-state index contributed by atoms with van der Waals surface area (Å²) < 4.78 is 36.9. The second kappa shape index (κ2) is 9.79. The van der Waals surface area contributed by atoms with E-state index in [-0.39, 0.29) is 22.4 Å². The van der Waals surface area contributed by atoms with E-state index in [2.05, 4.69) is 20.3 Å². The molecule has 0 bridgehead atoms. The number of hydrogen-bond acceptors (Lipinski definition) is 7. The Balaban J connectivity index is 1.69. The normalized spacial score (nSPS) is 16.3. The Bertz CT molecular complexity index is 1070. The molecule has 1 aliphatic rings. The number of halogens is 2. The maximum atomic E-state index is 13.7. The third-order valence-corrected chi connectivity index (χ3v) is 4.70. The van der Waals surface area contributed by atoms with Gasteiger partial charge in [0.1, 0.15) is 6.61 Å². The number of esters is 1. The third kappa shape index (κ3) is 5.29. The van der Waals surface area contributed by atoms with Crippen molar-refractivity contribution in [1.82, 2.24) is 5.32 Å². The molecule has 154 valence electrons. The van der Waals surface area contributed by atoms with Crippen LogP contribution in [-0.2, 0) is 20.9 Å². The first-order chi connectivity index (χ1) is 14.5. The first-order valence-corrected chi connectivity index (χ1v) is 9.34. The van der Waals surface area contributed by atoms with Crippen LogP contribution in [0.25, 0.3) is 0 Å². The van der Waals surface area contributed by atoms with Crippen LogP contribution >= 0.6 is 11.8 Å². The Morgan fingerprint density at radius 2 is 2.00 bits per heavy atom. The number of hydrogen-bond donors (Lipinski definition) is 1. The molecule has 0 spiro atoms. The van der Waals surface area contributed by atoms with Gasteiger partial charge in [-0.2, -0.15) is 9.49 Å². The molecule has 1 N–H and O–H groups in total. The van der Waals surface area contributed by atoms with Crippen molar-refractivity contribution in [1.29, 1.82) is 0 Å². The molecule has 0 aliphatic carbocycles. The Labute approximate surface area is 174 Å². The maximum Gasteiger partial charge on any atom is 0.331 e. The second-order valence-corrected chi connectivity index (χ2v) is 6.81. The number of amidine groups is 1. The van der Waals surface area contributed by atoms with Gasteiger partial charge < -0.3 is 9.47 Å². The summed E-state index contributed by atoms with van der Waals surface area (Å²) >= 11 is 0.946. The molecule has 0 radical (unpaired) electrons. The SMILES string of the molecule is COC(=O)/C=C1/S/C(=N\N=Cc2ccccc2COc2cccc(F)c2F)NC1=O. The monoisotopic (exact) mass is 431 g/mol. The standard InChI is InChI=1S/C20H15F2N3O4S/c1-28-17(26)9-16-19(27)24-20(30-16)25-23-10-12-5-2-3-6-13(12)11-29-15-8-4-7-14(21)18(15)22/h2-10H,11H2,1H3,(H,24,25,27)/b16-9+,23-10?. The summed E-state index contributed by atoms with van der Waals surface area (Å²) in [5.74, 6) is -3.38. The van der Waals surface area contributed by atoms with Crippen LogP contribution in [0.3, 0.4) is 0 Å². The minimum Gasteiger partial charge on any atom is -0.486 e. The highest BCUT2D eigenvalue weighted by Gasteiger charge is 2.25. The number of thioether (sulfide) groups is 1. The van der Waals surface area contributed by atoms with Crippen molar-refractivity contribution >= 4 is 35.0 Å². The van der Waals surface area contributed by atoms with Crippen LogP contribution in [0.1, 0.15) is 11.1 Å². The van der Waals surface area contributed by atoms with Crippen LogP contribution in [0.4, 0.5) is 8.78 Å². The lowest BCUT2D eigenvalue weighted by molar-refractivity contribution is -0.135. The van der Waals surface area contributed by atoms with Gasteiger partial charge in [-0.25, -0.2) is 9.18 Å². The molecule has 2 aromatic rings. The van der Waals surface area contributed by atoms with E-state index in [9.17, 15) is 18.4 Å². The van der Waals surface area contributed by atoms with Crippen LogP contribution in [0.2, 0.25) is 0 Å². The number of nitrogens with zero attached hydrogens (tertiary/aromatic N) is 2. The van der Waals surface area contributed by atoms with Crippen molar-refractivity contribution in [2.45, 2.75) is 6.61 Å². The molecule has 1 amide bonds. The van der Waals surface area contributed by atoms with Crippen LogP contribution < -0.4 is 10.1 Å². The minimum absolute atomic E-state index is 0.0172. The summed E-state index contributed by atoms with van der Waals surface area (Å²) in [6, 6.07) is 10.7. The van der Waals surface area contributed by atoms with E-state index >= 15 is 0 Å². The molecule has 1 heterocycles. The van der Waals surface area contributed by atoms with E-state index in [1.165, 1.54) is 25.5 Å². The molecule has 0 unspecified atom stereocenters. The quantitative estimate of drug-likeness (QED) is 0.329. The van der Waals surface area contributed by atoms with Gasteiger partial charge in [0.25, 0.3) is 5.91 Å². The lowest BCUT2D eigenvalue weighted by Crippen LogP contribution is -2.19. The van der Waals surface area contributed by atoms with E-state index in [0.29, 0.717) is 11.1 Å². The Morgan fingerprint density at radius 3 is 2.80 bits per heavy atom. The van der Waals surface area contributed by atoms with Gasteiger partial charge in [0, 0.05) is 11.6 Å². The summed E-state index contributed by atoms with van der Waals surface area (Å²) in [5, 5.41) is 10.5. The number of rotatable bonds is 6. The number of ether oxygens (including phenoxy) is 2. The number of nitrogens with one attached hydrogen (secondary N) is 1. The van der Waals surface area contributed by atoms with Crippen molar-refractivity contribution in [3.05, 3.63) is 76.2 Å². The highest BCUT2D eigenvalue weighted by atomic mass is 32.2. The Hall–Kier alpha value is -3.53. The number of carbonyl (C=O) groups excluding carboxylic acids is 2. The molecule has 0 aromatic heterocycles.